The maximum atomic E-state index is 12.7. The van der Waals surface area contributed by atoms with Crippen LogP contribution in [0.25, 0.3) is 0 Å². The van der Waals surface area contributed by atoms with Crippen LogP contribution in [0.5, 0.6) is 11.5 Å². The molecule has 27 heavy (non-hydrogen) atoms. The SMILES string of the molecule is CCS(=O)(=O)N(Cc1cccnc1)c1cccc(Oc2cccc(C)c2)c1. The van der Waals surface area contributed by atoms with E-state index in [4.69, 9.17) is 4.74 Å². The summed E-state index contributed by atoms with van der Waals surface area (Å²) in [6, 6.07) is 18.5. The van der Waals surface area contributed by atoms with Crippen LogP contribution in [-0.2, 0) is 16.6 Å². The van der Waals surface area contributed by atoms with Crippen molar-refractivity contribution >= 4 is 15.7 Å². The molecule has 0 bridgehead atoms. The number of rotatable bonds is 7. The summed E-state index contributed by atoms with van der Waals surface area (Å²) in [7, 11) is -3.46. The minimum absolute atomic E-state index is 0.0101. The molecule has 0 spiro atoms. The quantitative estimate of drug-likeness (QED) is 0.602. The highest BCUT2D eigenvalue weighted by molar-refractivity contribution is 7.92. The molecule has 3 aromatic rings. The fourth-order valence-electron chi connectivity index (χ4n) is 2.68. The van der Waals surface area contributed by atoms with Crippen LogP contribution in [-0.4, -0.2) is 19.2 Å². The Balaban J connectivity index is 1.92. The molecule has 5 nitrogen and oxygen atoms in total. The molecule has 1 aromatic heterocycles. The number of pyridine rings is 1. The third kappa shape index (κ3) is 4.86. The van der Waals surface area contributed by atoms with Gasteiger partial charge in [0.1, 0.15) is 11.5 Å². The lowest BCUT2D eigenvalue weighted by atomic mass is 10.2. The second-order valence-corrected chi connectivity index (χ2v) is 8.37. The lowest BCUT2D eigenvalue weighted by Gasteiger charge is -2.24. The molecule has 0 atom stereocenters. The van der Waals surface area contributed by atoms with Crippen LogP contribution >= 0.6 is 0 Å². The van der Waals surface area contributed by atoms with Crippen molar-refractivity contribution < 1.29 is 13.2 Å². The molecule has 2 aromatic carbocycles. The number of aryl methyl sites for hydroxylation is 1. The third-order valence-corrected chi connectivity index (χ3v) is 5.82. The zero-order chi connectivity index (χ0) is 19.3. The summed E-state index contributed by atoms with van der Waals surface area (Å²) < 4.78 is 32.7. The van der Waals surface area contributed by atoms with Gasteiger partial charge in [0.15, 0.2) is 0 Å². The summed E-state index contributed by atoms with van der Waals surface area (Å²) in [5.74, 6) is 1.31. The first-order chi connectivity index (χ1) is 13.0. The van der Waals surface area contributed by atoms with Gasteiger partial charge < -0.3 is 4.74 Å². The van der Waals surface area contributed by atoms with E-state index in [1.54, 1.807) is 43.6 Å². The lowest BCUT2D eigenvalue weighted by Crippen LogP contribution is -2.31. The predicted octanol–water partition coefficient (Wildman–Crippen LogP) is 4.54. The predicted molar refractivity (Wildman–Crippen MR) is 108 cm³/mol. The van der Waals surface area contributed by atoms with Crippen molar-refractivity contribution in [2.45, 2.75) is 20.4 Å². The van der Waals surface area contributed by atoms with E-state index in [0.717, 1.165) is 11.1 Å². The van der Waals surface area contributed by atoms with Crippen molar-refractivity contribution in [2.24, 2.45) is 0 Å². The summed E-state index contributed by atoms with van der Waals surface area (Å²) in [6.45, 7) is 3.85. The minimum atomic E-state index is -3.46. The summed E-state index contributed by atoms with van der Waals surface area (Å²) in [5, 5.41) is 0. The molecular formula is C21H22N2O3S. The molecule has 0 aliphatic heterocycles. The van der Waals surface area contributed by atoms with Gasteiger partial charge in [0.2, 0.25) is 10.0 Å². The first-order valence-corrected chi connectivity index (χ1v) is 10.3. The highest BCUT2D eigenvalue weighted by atomic mass is 32.2. The molecule has 0 unspecified atom stereocenters. The Hall–Kier alpha value is -2.86. The Morgan fingerprint density at radius 3 is 2.41 bits per heavy atom. The normalized spacial score (nSPS) is 11.2. The van der Waals surface area contributed by atoms with Gasteiger partial charge in [-0.3, -0.25) is 9.29 Å². The van der Waals surface area contributed by atoms with Gasteiger partial charge in [-0.2, -0.15) is 0 Å². The van der Waals surface area contributed by atoms with Gasteiger partial charge in [-0.1, -0.05) is 24.3 Å². The van der Waals surface area contributed by atoms with E-state index in [2.05, 4.69) is 4.98 Å². The largest absolute Gasteiger partial charge is 0.457 e. The molecular weight excluding hydrogens is 360 g/mol. The molecule has 6 heteroatoms. The Kier molecular flexibility index (Phi) is 5.76. The van der Waals surface area contributed by atoms with Crippen LogP contribution in [0, 0.1) is 6.92 Å². The Bertz CT molecular complexity index is 1000. The lowest BCUT2D eigenvalue weighted by molar-refractivity contribution is 0.482. The smallest absolute Gasteiger partial charge is 0.235 e. The molecule has 3 rings (SSSR count). The number of anilines is 1. The Morgan fingerprint density at radius 1 is 1.00 bits per heavy atom. The van der Waals surface area contributed by atoms with Crippen molar-refractivity contribution in [2.75, 3.05) is 10.1 Å². The number of aromatic nitrogens is 1. The fraction of sp³-hybridized carbons (Fsp3) is 0.190. The van der Waals surface area contributed by atoms with E-state index in [1.165, 1.54) is 4.31 Å². The standard InChI is InChI=1S/C21H22N2O3S/c1-3-27(24,25)23(16-18-8-6-12-22-15-18)19-9-5-11-21(14-19)26-20-10-4-7-17(2)13-20/h4-15H,3,16H2,1-2H3. The van der Waals surface area contributed by atoms with Crippen LogP contribution in [0.3, 0.4) is 0 Å². The van der Waals surface area contributed by atoms with Gasteiger partial charge in [0, 0.05) is 18.5 Å². The van der Waals surface area contributed by atoms with Crippen molar-refractivity contribution in [1.29, 1.82) is 0 Å². The first kappa shape index (κ1) is 18.9. The monoisotopic (exact) mass is 382 g/mol. The molecule has 0 fully saturated rings. The minimum Gasteiger partial charge on any atom is -0.457 e. The highest BCUT2D eigenvalue weighted by Crippen LogP contribution is 2.29. The number of ether oxygens (including phenoxy) is 1. The first-order valence-electron chi connectivity index (χ1n) is 8.72. The van der Waals surface area contributed by atoms with Crippen LogP contribution in [0.2, 0.25) is 0 Å². The molecule has 140 valence electrons. The highest BCUT2D eigenvalue weighted by Gasteiger charge is 2.21. The number of hydrogen-bond donors (Lipinski definition) is 0. The van der Waals surface area contributed by atoms with Crippen LogP contribution in [0.15, 0.2) is 73.1 Å². The second-order valence-electron chi connectivity index (χ2n) is 6.18. The van der Waals surface area contributed by atoms with Gasteiger partial charge in [0.25, 0.3) is 0 Å². The fourth-order valence-corrected chi connectivity index (χ4v) is 3.77. The van der Waals surface area contributed by atoms with Gasteiger partial charge in [-0.05, 0) is 55.3 Å². The number of benzene rings is 2. The Labute approximate surface area is 160 Å². The number of nitrogens with zero attached hydrogens (tertiary/aromatic N) is 2. The van der Waals surface area contributed by atoms with E-state index >= 15 is 0 Å². The number of sulfonamides is 1. The summed E-state index contributed by atoms with van der Waals surface area (Å²) in [5.41, 5.74) is 2.47. The average Bonchev–Trinajstić information content (AvgIpc) is 2.67. The summed E-state index contributed by atoms with van der Waals surface area (Å²) in [6.07, 6.45) is 3.34. The van der Waals surface area contributed by atoms with Gasteiger partial charge in [0.05, 0.1) is 18.0 Å². The molecule has 0 aliphatic carbocycles. The van der Waals surface area contributed by atoms with Crippen molar-refractivity contribution in [3.63, 3.8) is 0 Å². The van der Waals surface area contributed by atoms with Gasteiger partial charge >= 0.3 is 0 Å². The van der Waals surface area contributed by atoms with E-state index < -0.39 is 10.0 Å². The maximum Gasteiger partial charge on any atom is 0.235 e. The summed E-state index contributed by atoms with van der Waals surface area (Å²) in [4.78, 5) is 4.07. The van der Waals surface area contributed by atoms with Gasteiger partial charge in [-0.25, -0.2) is 8.42 Å². The van der Waals surface area contributed by atoms with Crippen molar-refractivity contribution in [3.8, 4) is 11.5 Å². The van der Waals surface area contributed by atoms with E-state index in [-0.39, 0.29) is 12.3 Å². The molecule has 0 aliphatic rings. The van der Waals surface area contributed by atoms with E-state index in [0.29, 0.717) is 17.2 Å². The third-order valence-electron chi connectivity index (χ3n) is 4.08. The van der Waals surface area contributed by atoms with E-state index in [9.17, 15) is 8.42 Å². The zero-order valence-corrected chi connectivity index (χ0v) is 16.2. The van der Waals surface area contributed by atoms with Crippen molar-refractivity contribution in [1.82, 2.24) is 4.98 Å². The Morgan fingerprint density at radius 2 is 1.74 bits per heavy atom. The van der Waals surface area contributed by atoms with Crippen LogP contribution in [0.4, 0.5) is 5.69 Å². The van der Waals surface area contributed by atoms with E-state index in [1.807, 2.05) is 43.3 Å². The van der Waals surface area contributed by atoms with Gasteiger partial charge in [-0.15, -0.1) is 0 Å². The van der Waals surface area contributed by atoms with Crippen molar-refractivity contribution in [3.05, 3.63) is 84.2 Å². The second kappa shape index (κ2) is 8.22. The zero-order valence-electron chi connectivity index (χ0n) is 15.4. The molecule has 0 amide bonds. The summed E-state index contributed by atoms with van der Waals surface area (Å²) >= 11 is 0. The topological polar surface area (TPSA) is 59.5 Å². The van der Waals surface area contributed by atoms with Crippen LogP contribution < -0.4 is 9.04 Å². The molecule has 0 radical (unpaired) electrons. The molecule has 1 heterocycles. The molecule has 0 saturated heterocycles. The number of hydrogen-bond acceptors (Lipinski definition) is 4. The maximum absolute atomic E-state index is 12.7. The molecule has 0 N–H and O–H groups in total. The molecule has 0 saturated carbocycles. The average molecular weight is 382 g/mol. The van der Waals surface area contributed by atoms with Crippen LogP contribution in [0.1, 0.15) is 18.1 Å².